The average Bonchev–Trinajstić information content (AvgIpc) is 2.75. The number of rotatable bonds is 9. The fourth-order valence-electron chi connectivity index (χ4n) is 3.78. The van der Waals surface area contributed by atoms with E-state index in [0.29, 0.717) is 12.3 Å². The number of likely N-dealkylation sites (tertiary alicyclic amines) is 1. The molecule has 0 amide bonds. The molecule has 0 aromatic heterocycles. The maximum Gasteiger partial charge on any atom is 0.191 e. The Bertz CT molecular complexity index is 611. The Hall–Kier alpha value is -2.15. The van der Waals surface area contributed by atoms with Crippen LogP contribution in [0.5, 0.6) is 17.2 Å². The highest BCUT2D eigenvalue weighted by Crippen LogP contribution is 2.33. The van der Waals surface area contributed by atoms with Crippen molar-refractivity contribution in [2.24, 2.45) is 4.99 Å². The molecule has 0 bridgehead atoms. The standard InChI is InChI=1S/C21H36N4O3/c1-6-16-9-7-8-11-25(16)12-10-23-21(22-2)24-15-18-19(27-4)13-17(26-3)14-20(18)28-5/h13-14,16H,6-12,15H2,1-5H3,(H2,22,23,24). The number of aliphatic imine (C=N–C) groups is 1. The minimum Gasteiger partial charge on any atom is -0.496 e. The normalized spacial score (nSPS) is 17.9. The van der Waals surface area contributed by atoms with Crippen LogP contribution in [0.1, 0.15) is 38.2 Å². The number of nitrogens with one attached hydrogen (secondary N) is 2. The van der Waals surface area contributed by atoms with Gasteiger partial charge in [-0.15, -0.1) is 0 Å². The molecule has 7 heteroatoms. The summed E-state index contributed by atoms with van der Waals surface area (Å²) in [6, 6.07) is 4.44. The molecule has 1 heterocycles. The van der Waals surface area contributed by atoms with E-state index >= 15 is 0 Å². The summed E-state index contributed by atoms with van der Waals surface area (Å²) in [4.78, 5) is 6.94. The van der Waals surface area contributed by atoms with Crippen LogP contribution in [-0.2, 0) is 6.54 Å². The molecule has 1 aliphatic rings. The third kappa shape index (κ3) is 5.92. The van der Waals surface area contributed by atoms with E-state index in [1.807, 2.05) is 12.1 Å². The lowest BCUT2D eigenvalue weighted by molar-refractivity contribution is 0.147. The van der Waals surface area contributed by atoms with Gasteiger partial charge >= 0.3 is 0 Å². The number of hydrogen-bond donors (Lipinski definition) is 2. The molecule has 1 unspecified atom stereocenters. The number of benzene rings is 1. The van der Waals surface area contributed by atoms with Gasteiger partial charge in [0.2, 0.25) is 0 Å². The Labute approximate surface area is 169 Å². The largest absolute Gasteiger partial charge is 0.496 e. The van der Waals surface area contributed by atoms with E-state index in [9.17, 15) is 0 Å². The molecule has 0 aliphatic carbocycles. The highest BCUT2D eigenvalue weighted by Gasteiger charge is 2.20. The van der Waals surface area contributed by atoms with Crippen LogP contribution in [0.3, 0.4) is 0 Å². The Morgan fingerprint density at radius 3 is 2.39 bits per heavy atom. The molecule has 0 radical (unpaired) electrons. The third-order valence-electron chi connectivity index (χ3n) is 5.39. The number of ether oxygens (including phenoxy) is 3. The summed E-state index contributed by atoms with van der Waals surface area (Å²) >= 11 is 0. The average molecular weight is 393 g/mol. The number of nitrogens with zero attached hydrogens (tertiary/aromatic N) is 2. The van der Waals surface area contributed by atoms with Gasteiger partial charge in [-0.2, -0.15) is 0 Å². The molecule has 1 aromatic rings. The van der Waals surface area contributed by atoms with Gasteiger partial charge in [-0.3, -0.25) is 9.89 Å². The first-order valence-electron chi connectivity index (χ1n) is 10.1. The highest BCUT2D eigenvalue weighted by atomic mass is 16.5. The van der Waals surface area contributed by atoms with Crippen LogP contribution < -0.4 is 24.8 Å². The molecule has 28 heavy (non-hydrogen) atoms. The highest BCUT2D eigenvalue weighted by molar-refractivity contribution is 5.79. The first-order chi connectivity index (χ1) is 13.7. The molecule has 1 saturated heterocycles. The number of piperidine rings is 1. The quantitative estimate of drug-likeness (QED) is 0.497. The van der Waals surface area contributed by atoms with Crippen LogP contribution in [0.2, 0.25) is 0 Å². The van der Waals surface area contributed by atoms with Crippen LogP contribution >= 0.6 is 0 Å². The van der Waals surface area contributed by atoms with Crippen molar-refractivity contribution in [3.8, 4) is 17.2 Å². The monoisotopic (exact) mass is 392 g/mol. The SMILES string of the molecule is CCC1CCCCN1CCNC(=NC)NCc1c(OC)cc(OC)cc1OC. The van der Waals surface area contributed by atoms with Gasteiger partial charge < -0.3 is 24.8 Å². The van der Waals surface area contributed by atoms with E-state index in [1.165, 1.54) is 32.2 Å². The zero-order valence-corrected chi connectivity index (χ0v) is 18.0. The summed E-state index contributed by atoms with van der Waals surface area (Å²) in [5.41, 5.74) is 0.927. The fraction of sp³-hybridized carbons (Fsp3) is 0.667. The van der Waals surface area contributed by atoms with Gasteiger partial charge in [0.1, 0.15) is 17.2 Å². The number of methoxy groups -OCH3 is 3. The topological polar surface area (TPSA) is 67.4 Å². The first-order valence-corrected chi connectivity index (χ1v) is 10.1. The van der Waals surface area contributed by atoms with Crippen molar-refractivity contribution in [3.05, 3.63) is 17.7 Å². The van der Waals surface area contributed by atoms with E-state index < -0.39 is 0 Å². The number of hydrogen-bond acceptors (Lipinski definition) is 5. The zero-order valence-electron chi connectivity index (χ0n) is 18.0. The van der Waals surface area contributed by atoms with Gasteiger partial charge in [0.15, 0.2) is 5.96 Å². The van der Waals surface area contributed by atoms with Gasteiger partial charge in [0.25, 0.3) is 0 Å². The lowest BCUT2D eigenvalue weighted by atomic mass is 10.0. The Kier molecular flexibility index (Phi) is 9.20. The molecular weight excluding hydrogens is 356 g/mol. The smallest absolute Gasteiger partial charge is 0.191 e. The second-order valence-electron chi connectivity index (χ2n) is 6.96. The predicted molar refractivity (Wildman–Crippen MR) is 114 cm³/mol. The van der Waals surface area contributed by atoms with Crippen LogP contribution in [0.15, 0.2) is 17.1 Å². The molecule has 1 aromatic carbocycles. The Morgan fingerprint density at radius 2 is 1.82 bits per heavy atom. The van der Waals surface area contributed by atoms with Gasteiger partial charge in [-0.05, 0) is 25.8 Å². The maximum absolute atomic E-state index is 5.51. The summed E-state index contributed by atoms with van der Waals surface area (Å²) in [5, 5.41) is 6.78. The fourth-order valence-corrected chi connectivity index (χ4v) is 3.78. The van der Waals surface area contributed by atoms with Crippen LogP contribution in [0.25, 0.3) is 0 Å². The summed E-state index contributed by atoms with van der Waals surface area (Å²) in [5.74, 6) is 2.91. The van der Waals surface area contributed by atoms with Crippen molar-refractivity contribution in [2.75, 3.05) is 48.0 Å². The minimum absolute atomic E-state index is 0.539. The van der Waals surface area contributed by atoms with Crippen molar-refractivity contribution in [1.29, 1.82) is 0 Å². The lowest BCUT2D eigenvalue weighted by Crippen LogP contribution is -2.45. The number of guanidine groups is 1. The predicted octanol–water partition coefficient (Wildman–Crippen LogP) is 2.64. The van der Waals surface area contributed by atoms with E-state index in [4.69, 9.17) is 14.2 Å². The Balaban J connectivity index is 1.91. The van der Waals surface area contributed by atoms with Crippen molar-refractivity contribution in [3.63, 3.8) is 0 Å². The van der Waals surface area contributed by atoms with E-state index in [-0.39, 0.29) is 0 Å². The molecule has 1 aliphatic heterocycles. The minimum atomic E-state index is 0.539. The summed E-state index contributed by atoms with van der Waals surface area (Å²) in [6.07, 6.45) is 5.21. The van der Waals surface area contributed by atoms with Crippen molar-refractivity contribution < 1.29 is 14.2 Å². The first kappa shape index (κ1) is 22.1. The lowest BCUT2D eigenvalue weighted by Gasteiger charge is -2.35. The van der Waals surface area contributed by atoms with Crippen molar-refractivity contribution in [2.45, 2.75) is 45.2 Å². The molecular formula is C21H36N4O3. The summed E-state index contributed by atoms with van der Waals surface area (Å²) in [7, 11) is 6.71. The van der Waals surface area contributed by atoms with E-state index in [2.05, 4.69) is 27.4 Å². The maximum atomic E-state index is 5.51. The second kappa shape index (κ2) is 11.6. The molecule has 158 valence electrons. The summed E-state index contributed by atoms with van der Waals surface area (Å²) < 4.78 is 16.3. The molecule has 2 rings (SSSR count). The molecule has 1 fully saturated rings. The van der Waals surface area contributed by atoms with Crippen LogP contribution in [-0.4, -0.2) is 64.9 Å². The van der Waals surface area contributed by atoms with Crippen molar-refractivity contribution >= 4 is 5.96 Å². The van der Waals surface area contributed by atoms with Gasteiger partial charge in [0.05, 0.1) is 33.4 Å². The second-order valence-corrected chi connectivity index (χ2v) is 6.96. The molecule has 2 N–H and O–H groups in total. The van der Waals surface area contributed by atoms with Crippen LogP contribution in [0.4, 0.5) is 0 Å². The van der Waals surface area contributed by atoms with E-state index in [0.717, 1.165) is 42.2 Å². The van der Waals surface area contributed by atoms with Crippen LogP contribution in [0, 0.1) is 0 Å². The zero-order chi connectivity index (χ0) is 20.4. The van der Waals surface area contributed by atoms with Crippen molar-refractivity contribution in [1.82, 2.24) is 15.5 Å². The third-order valence-corrected chi connectivity index (χ3v) is 5.39. The molecule has 0 saturated carbocycles. The van der Waals surface area contributed by atoms with E-state index in [1.54, 1.807) is 28.4 Å². The molecule has 0 spiro atoms. The summed E-state index contributed by atoms with van der Waals surface area (Å²) in [6.45, 7) is 5.93. The molecule has 7 nitrogen and oxygen atoms in total. The van der Waals surface area contributed by atoms with Gasteiger partial charge in [0, 0.05) is 38.3 Å². The Morgan fingerprint density at radius 1 is 1.11 bits per heavy atom. The van der Waals surface area contributed by atoms with Gasteiger partial charge in [-0.25, -0.2) is 0 Å². The van der Waals surface area contributed by atoms with Gasteiger partial charge in [-0.1, -0.05) is 13.3 Å². The molecule has 1 atom stereocenters.